The molecule has 0 fully saturated rings. The van der Waals surface area contributed by atoms with E-state index in [-0.39, 0.29) is 35.7 Å². The van der Waals surface area contributed by atoms with Gasteiger partial charge in [0.1, 0.15) is 0 Å². The van der Waals surface area contributed by atoms with Crippen molar-refractivity contribution in [2.45, 2.75) is 39.9 Å². The molecular formula is C6H15NaO2. The van der Waals surface area contributed by atoms with Gasteiger partial charge in [-0.25, -0.2) is 0 Å². The van der Waals surface area contributed by atoms with Crippen LogP contribution in [-0.4, -0.2) is 17.3 Å². The first-order valence-electron chi connectivity index (χ1n) is 2.80. The molecule has 0 atom stereocenters. The molecule has 0 saturated heterocycles. The normalized spacial score (nSPS) is 8.00. The molecule has 0 heterocycles. The van der Waals surface area contributed by atoms with Crippen LogP contribution in [0, 0.1) is 0 Å². The fraction of sp³-hybridized carbons (Fsp3) is 1.00. The minimum Gasteiger partial charge on any atom is -0.852 e. The van der Waals surface area contributed by atoms with E-state index in [4.69, 9.17) is 5.11 Å². The van der Waals surface area contributed by atoms with E-state index in [0.29, 0.717) is 0 Å². The maximum atomic E-state index is 9.53. The van der Waals surface area contributed by atoms with Crippen molar-refractivity contribution >= 4 is 0 Å². The Labute approximate surface area is 79.6 Å². The van der Waals surface area contributed by atoms with Gasteiger partial charge in [-0.05, 0) is 13.8 Å². The van der Waals surface area contributed by atoms with Crippen LogP contribution in [0.1, 0.15) is 27.7 Å². The Morgan fingerprint density at radius 1 is 1.11 bits per heavy atom. The van der Waals surface area contributed by atoms with E-state index in [1.807, 2.05) is 0 Å². The van der Waals surface area contributed by atoms with Gasteiger partial charge in [-0.3, -0.25) is 0 Å². The number of aliphatic hydroxyl groups is 1. The average Bonchev–Trinajstić information content (AvgIpc) is 1.25. The molecule has 0 bridgehead atoms. The Balaban J connectivity index is -0.0000000720. The summed E-state index contributed by atoms with van der Waals surface area (Å²) in [6.45, 7) is 6.67. The van der Waals surface area contributed by atoms with Crippen LogP contribution in [0.3, 0.4) is 0 Å². The van der Waals surface area contributed by atoms with Crippen LogP contribution >= 0.6 is 0 Å². The number of rotatable bonds is 0. The summed E-state index contributed by atoms with van der Waals surface area (Å²) in [4.78, 5) is 0. The summed E-state index contributed by atoms with van der Waals surface area (Å²) in [5.74, 6) is 0. The summed E-state index contributed by atoms with van der Waals surface area (Å²) >= 11 is 0. The predicted molar refractivity (Wildman–Crippen MR) is 32.5 cm³/mol. The Bertz CT molecular complexity index is 26.5. The molecule has 3 heteroatoms. The molecule has 0 saturated carbocycles. The summed E-state index contributed by atoms with van der Waals surface area (Å²) in [5.41, 5.74) is 0. The number of hydrogen-bond donors (Lipinski definition) is 1. The van der Waals surface area contributed by atoms with Gasteiger partial charge in [-0.1, -0.05) is 13.8 Å². The van der Waals surface area contributed by atoms with E-state index in [1.165, 1.54) is 0 Å². The first-order valence-corrected chi connectivity index (χ1v) is 2.80. The van der Waals surface area contributed by atoms with Gasteiger partial charge in [-0.15, -0.1) is 6.10 Å². The van der Waals surface area contributed by atoms with Crippen molar-refractivity contribution in [1.82, 2.24) is 0 Å². The molecule has 0 radical (unpaired) electrons. The Morgan fingerprint density at radius 2 is 1.11 bits per heavy atom. The van der Waals surface area contributed by atoms with Gasteiger partial charge in [-0.2, -0.15) is 0 Å². The summed E-state index contributed by atoms with van der Waals surface area (Å²) < 4.78 is 0. The molecule has 0 unspecified atom stereocenters. The Morgan fingerprint density at radius 3 is 1.11 bits per heavy atom. The fourth-order valence-electron chi connectivity index (χ4n) is 0. The zero-order chi connectivity index (χ0) is 7.15. The third kappa shape index (κ3) is 505. The maximum absolute atomic E-state index is 9.53. The van der Waals surface area contributed by atoms with Crippen LogP contribution in [0.2, 0.25) is 0 Å². The van der Waals surface area contributed by atoms with E-state index in [9.17, 15) is 5.11 Å². The minimum atomic E-state index is -0.417. The van der Waals surface area contributed by atoms with Crippen molar-refractivity contribution in [3.63, 3.8) is 0 Å². The molecule has 0 aromatic heterocycles. The summed E-state index contributed by atoms with van der Waals surface area (Å²) in [6.07, 6.45) is -0.583. The Kier molecular flexibility index (Phi) is 21.4. The fourth-order valence-corrected chi connectivity index (χ4v) is 0. The van der Waals surface area contributed by atoms with Crippen LogP contribution < -0.4 is 34.7 Å². The van der Waals surface area contributed by atoms with Crippen LogP contribution in [0.25, 0.3) is 0 Å². The quantitative estimate of drug-likeness (QED) is 0.370. The SMILES string of the molecule is CC(C)O.CC(C)[O-].[Na+]. The third-order valence-corrected chi connectivity index (χ3v) is 0. The minimum absolute atomic E-state index is 0. The van der Waals surface area contributed by atoms with E-state index >= 15 is 0 Å². The molecule has 0 aliphatic rings. The third-order valence-electron chi connectivity index (χ3n) is 0. The van der Waals surface area contributed by atoms with Crippen LogP contribution in [0.15, 0.2) is 0 Å². The molecule has 0 aliphatic heterocycles. The monoisotopic (exact) mass is 142 g/mol. The van der Waals surface area contributed by atoms with E-state index < -0.39 is 6.10 Å². The topological polar surface area (TPSA) is 43.3 Å². The molecule has 9 heavy (non-hydrogen) atoms. The molecule has 52 valence electrons. The van der Waals surface area contributed by atoms with Crippen molar-refractivity contribution in [2.75, 3.05) is 0 Å². The molecule has 0 aromatic carbocycles. The Hall–Kier alpha value is 0.920. The van der Waals surface area contributed by atoms with Gasteiger partial charge in [0, 0.05) is 6.10 Å². The summed E-state index contributed by atoms with van der Waals surface area (Å²) in [7, 11) is 0. The predicted octanol–water partition coefficient (Wildman–Crippen LogP) is -2.85. The zero-order valence-corrected chi connectivity index (χ0v) is 9.01. The standard InChI is InChI=1S/C3H8O.C3H7O.Na/c2*1-3(2)4;/h3-4H,1-2H3;3H,1-2H3;/q;-1;+1. The summed E-state index contributed by atoms with van der Waals surface area (Å²) in [5, 5.41) is 17.6. The van der Waals surface area contributed by atoms with E-state index in [1.54, 1.807) is 27.7 Å². The molecule has 0 amide bonds. The van der Waals surface area contributed by atoms with Gasteiger partial charge < -0.3 is 10.2 Å². The largest absolute Gasteiger partial charge is 1.00 e. The molecule has 0 rings (SSSR count). The molecule has 1 N–H and O–H groups in total. The van der Waals surface area contributed by atoms with Crippen LogP contribution in [-0.2, 0) is 0 Å². The van der Waals surface area contributed by atoms with Crippen molar-refractivity contribution in [3.05, 3.63) is 0 Å². The van der Waals surface area contributed by atoms with Gasteiger partial charge >= 0.3 is 29.6 Å². The van der Waals surface area contributed by atoms with Gasteiger partial charge in [0.2, 0.25) is 0 Å². The molecule has 0 spiro atoms. The smallest absolute Gasteiger partial charge is 0.852 e. The van der Waals surface area contributed by atoms with E-state index in [0.717, 1.165) is 0 Å². The van der Waals surface area contributed by atoms with Crippen molar-refractivity contribution in [1.29, 1.82) is 0 Å². The van der Waals surface area contributed by atoms with Crippen molar-refractivity contribution in [2.24, 2.45) is 0 Å². The first-order chi connectivity index (χ1) is 3.46. The molecule has 0 aliphatic carbocycles. The van der Waals surface area contributed by atoms with Crippen LogP contribution in [0.5, 0.6) is 0 Å². The van der Waals surface area contributed by atoms with Crippen LogP contribution in [0.4, 0.5) is 0 Å². The van der Waals surface area contributed by atoms with Crippen molar-refractivity contribution < 1.29 is 39.8 Å². The second kappa shape index (κ2) is 11.7. The molecule has 2 nitrogen and oxygen atoms in total. The second-order valence-electron chi connectivity index (χ2n) is 2.14. The van der Waals surface area contributed by atoms with Gasteiger partial charge in [0.25, 0.3) is 0 Å². The van der Waals surface area contributed by atoms with Gasteiger partial charge in [0.05, 0.1) is 0 Å². The van der Waals surface area contributed by atoms with Crippen molar-refractivity contribution in [3.8, 4) is 0 Å². The zero-order valence-electron chi connectivity index (χ0n) is 7.01. The maximum Gasteiger partial charge on any atom is 1.00 e. The van der Waals surface area contributed by atoms with E-state index in [2.05, 4.69) is 0 Å². The number of aliphatic hydroxyl groups excluding tert-OH is 1. The average molecular weight is 142 g/mol. The first kappa shape index (κ1) is 16.5. The number of hydrogen-bond acceptors (Lipinski definition) is 2. The van der Waals surface area contributed by atoms with Gasteiger partial charge in [0.15, 0.2) is 0 Å². The summed E-state index contributed by atoms with van der Waals surface area (Å²) in [6, 6.07) is 0. The second-order valence-corrected chi connectivity index (χ2v) is 2.14. The molecule has 0 aromatic rings. The molecular weight excluding hydrogens is 127 g/mol.